The molecule has 0 unspecified atom stereocenters. The zero-order valence-corrected chi connectivity index (χ0v) is 26.2. The van der Waals surface area contributed by atoms with Gasteiger partial charge in [0.15, 0.2) is 5.78 Å². The van der Waals surface area contributed by atoms with Gasteiger partial charge in [0.1, 0.15) is 28.7 Å². The highest BCUT2D eigenvalue weighted by atomic mass is 32.2. The number of sulfonamides is 1. The molecular formula is C34H33F2N3O5S. The smallest absolute Gasteiger partial charge is 0.270 e. The average molecular weight is 634 g/mol. The zero-order valence-electron chi connectivity index (χ0n) is 25.4. The second-order valence-corrected chi connectivity index (χ2v) is 13.6. The van der Waals surface area contributed by atoms with Gasteiger partial charge in [0.05, 0.1) is 23.0 Å². The molecule has 3 aromatic carbocycles. The summed E-state index contributed by atoms with van der Waals surface area (Å²) in [4.78, 5) is 28.9. The van der Waals surface area contributed by atoms with Crippen molar-refractivity contribution in [3.8, 4) is 11.3 Å². The number of hydrogen-bond acceptors (Lipinski definition) is 5. The molecule has 1 saturated heterocycles. The number of furan rings is 1. The van der Waals surface area contributed by atoms with Gasteiger partial charge in [-0.25, -0.2) is 17.2 Å². The van der Waals surface area contributed by atoms with Gasteiger partial charge in [-0.05, 0) is 66.9 Å². The van der Waals surface area contributed by atoms with Crippen LogP contribution in [0.5, 0.6) is 0 Å². The average Bonchev–Trinajstić information content (AvgIpc) is 3.57. The number of rotatable bonds is 7. The predicted octanol–water partition coefficient (Wildman–Crippen LogP) is 6.88. The molecule has 8 nitrogen and oxygen atoms in total. The Balaban J connectivity index is 1.47. The van der Waals surface area contributed by atoms with Gasteiger partial charge in [0.25, 0.3) is 5.91 Å². The lowest BCUT2D eigenvalue weighted by Gasteiger charge is -2.35. The second-order valence-electron chi connectivity index (χ2n) is 11.6. The van der Waals surface area contributed by atoms with Crippen LogP contribution in [0.1, 0.15) is 58.5 Å². The Morgan fingerprint density at radius 2 is 1.78 bits per heavy atom. The fourth-order valence-electron chi connectivity index (χ4n) is 6.29. The molecule has 1 atom stereocenters. The van der Waals surface area contributed by atoms with Crippen LogP contribution in [-0.2, 0) is 17.1 Å². The Bertz CT molecular complexity index is 2080. The van der Waals surface area contributed by atoms with Gasteiger partial charge in [0, 0.05) is 61.9 Å². The third kappa shape index (κ3) is 5.39. The van der Waals surface area contributed by atoms with Crippen LogP contribution in [0.2, 0.25) is 0 Å². The third-order valence-corrected chi connectivity index (χ3v) is 9.97. The number of halogens is 2. The van der Waals surface area contributed by atoms with Crippen molar-refractivity contribution in [2.45, 2.75) is 32.1 Å². The highest BCUT2D eigenvalue weighted by molar-refractivity contribution is 7.92. The van der Waals surface area contributed by atoms with E-state index in [9.17, 15) is 26.8 Å². The lowest BCUT2D eigenvalue weighted by atomic mass is 9.87. The summed E-state index contributed by atoms with van der Waals surface area (Å²) in [6, 6.07) is 15.4. The molecular weight excluding hydrogens is 600 g/mol. The molecule has 11 heteroatoms. The maximum Gasteiger partial charge on any atom is 0.270 e. The zero-order chi connectivity index (χ0) is 32.2. The molecule has 1 amide bonds. The van der Waals surface area contributed by atoms with Crippen molar-refractivity contribution in [1.82, 2.24) is 9.47 Å². The molecule has 45 heavy (non-hydrogen) atoms. The molecule has 0 aliphatic carbocycles. The maximum absolute atomic E-state index is 14.5. The standard InChI is InChI=1S/C34H33F2N3O5S/c1-5-30(40)32-25-16-23(28(38(3)45(4,42)43)18-31(25)44-33(32)20-11-13-22(35)14-12-20)21-8-7-15-39(19-21)34(41)29-17-24-26(36)9-6-10-27(24)37(29)2/h6,9-14,16-18,21H,5,7-8,15,19H2,1-4H3/t21-/m1/s1. The van der Waals surface area contributed by atoms with E-state index in [0.29, 0.717) is 75.9 Å². The van der Waals surface area contributed by atoms with Gasteiger partial charge in [0.2, 0.25) is 10.0 Å². The van der Waals surface area contributed by atoms with E-state index in [1.165, 1.54) is 41.7 Å². The summed E-state index contributed by atoms with van der Waals surface area (Å²) in [6.07, 6.45) is 2.63. The Labute approximate surface area is 259 Å². The van der Waals surface area contributed by atoms with Crippen LogP contribution in [0.15, 0.2) is 65.1 Å². The number of Topliss-reactive ketones (excluding diaryl/α,β-unsaturated/α-hetero) is 1. The molecule has 0 spiro atoms. The molecule has 234 valence electrons. The summed E-state index contributed by atoms with van der Waals surface area (Å²) < 4.78 is 62.9. The number of ketones is 1. The molecule has 2 aromatic heterocycles. The van der Waals surface area contributed by atoms with Crippen LogP contribution in [0.4, 0.5) is 14.5 Å². The molecule has 1 fully saturated rings. The summed E-state index contributed by atoms with van der Waals surface area (Å²) in [6.45, 7) is 2.52. The van der Waals surface area contributed by atoms with Crippen molar-refractivity contribution in [2.24, 2.45) is 7.05 Å². The predicted molar refractivity (Wildman–Crippen MR) is 170 cm³/mol. The number of benzene rings is 3. The van der Waals surface area contributed by atoms with E-state index in [0.717, 1.165) is 6.26 Å². The highest BCUT2D eigenvalue weighted by Crippen LogP contribution is 2.42. The van der Waals surface area contributed by atoms with Crippen LogP contribution in [0.25, 0.3) is 33.2 Å². The number of fused-ring (bicyclic) bond motifs is 2. The number of hydrogen-bond donors (Lipinski definition) is 0. The van der Waals surface area contributed by atoms with Crippen molar-refractivity contribution >= 4 is 49.3 Å². The second kappa shape index (κ2) is 11.4. The Morgan fingerprint density at radius 1 is 1.04 bits per heavy atom. The summed E-state index contributed by atoms with van der Waals surface area (Å²) in [5.41, 5.74) is 3.19. The van der Waals surface area contributed by atoms with E-state index in [-0.39, 0.29) is 29.8 Å². The van der Waals surface area contributed by atoms with Gasteiger partial charge < -0.3 is 13.9 Å². The minimum absolute atomic E-state index is 0.174. The number of nitrogens with zero attached hydrogens (tertiary/aromatic N) is 3. The van der Waals surface area contributed by atoms with Crippen molar-refractivity contribution in [2.75, 3.05) is 30.7 Å². The lowest BCUT2D eigenvalue weighted by molar-refractivity contribution is 0.0698. The quantitative estimate of drug-likeness (QED) is 0.182. The Hall–Kier alpha value is -4.51. The normalized spacial score (nSPS) is 15.6. The van der Waals surface area contributed by atoms with Crippen LogP contribution >= 0.6 is 0 Å². The van der Waals surface area contributed by atoms with Crippen LogP contribution in [-0.4, -0.2) is 56.0 Å². The number of amides is 1. The minimum Gasteiger partial charge on any atom is -0.455 e. The fourth-order valence-corrected chi connectivity index (χ4v) is 6.81. The highest BCUT2D eigenvalue weighted by Gasteiger charge is 2.32. The van der Waals surface area contributed by atoms with Crippen LogP contribution in [0, 0.1) is 11.6 Å². The first-order valence-corrected chi connectivity index (χ1v) is 16.6. The molecule has 1 aliphatic heterocycles. The van der Waals surface area contributed by atoms with E-state index in [2.05, 4.69) is 0 Å². The van der Waals surface area contributed by atoms with E-state index in [1.807, 2.05) is 0 Å². The van der Waals surface area contributed by atoms with Gasteiger partial charge in [-0.1, -0.05) is 13.0 Å². The summed E-state index contributed by atoms with van der Waals surface area (Å²) in [7, 11) is -0.515. The Morgan fingerprint density at radius 3 is 2.44 bits per heavy atom. The van der Waals surface area contributed by atoms with Gasteiger partial charge >= 0.3 is 0 Å². The number of carbonyl (C=O) groups is 2. The monoisotopic (exact) mass is 633 g/mol. The van der Waals surface area contributed by atoms with Crippen LogP contribution < -0.4 is 4.31 Å². The maximum atomic E-state index is 14.5. The Kier molecular flexibility index (Phi) is 7.76. The number of carbonyl (C=O) groups excluding carboxylic acids is 2. The van der Waals surface area contributed by atoms with E-state index in [4.69, 9.17) is 4.42 Å². The third-order valence-electron chi connectivity index (χ3n) is 8.78. The van der Waals surface area contributed by atoms with Gasteiger partial charge in [-0.2, -0.15) is 0 Å². The molecule has 6 rings (SSSR count). The molecule has 0 N–H and O–H groups in total. The number of piperidine rings is 1. The summed E-state index contributed by atoms with van der Waals surface area (Å²) in [5, 5.41) is 0.888. The van der Waals surface area contributed by atoms with Gasteiger partial charge in [-0.15, -0.1) is 0 Å². The van der Waals surface area contributed by atoms with E-state index >= 15 is 0 Å². The number of anilines is 1. The lowest BCUT2D eigenvalue weighted by Crippen LogP contribution is -2.40. The molecule has 0 bridgehead atoms. The molecule has 1 aliphatic rings. The van der Waals surface area contributed by atoms with Gasteiger partial charge in [-0.3, -0.25) is 13.9 Å². The molecule has 5 aromatic rings. The summed E-state index contributed by atoms with van der Waals surface area (Å²) >= 11 is 0. The first-order valence-electron chi connectivity index (χ1n) is 14.8. The summed E-state index contributed by atoms with van der Waals surface area (Å²) in [5.74, 6) is -1.25. The molecule has 0 radical (unpaired) electrons. The van der Waals surface area contributed by atoms with Crippen molar-refractivity contribution in [3.63, 3.8) is 0 Å². The first-order chi connectivity index (χ1) is 21.4. The molecule has 0 saturated carbocycles. The topological polar surface area (TPSA) is 92.8 Å². The number of aryl methyl sites for hydroxylation is 1. The van der Waals surface area contributed by atoms with Crippen molar-refractivity contribution in [3.05, 3.63) is 89.1 Å². The van der Waals surface area contributed by atoms with Crippen molar-refractivity contribution in [1.29, 1.82) is 0 Å². The van der Waals surface area contributed by atoms with E-state index < -0.39 is 21.7 Å². The van der Waals surface area contributed by atoms with Crippen molar-refractivity contribution < 1.29 is 31.2 Å². The first kappa shape index (κ1) is 30.5. The van der Waals surface area contributed by atoms with E-state index in [1.54, 1.807) is 53.8 Å². The number of aromatic nitrogens is 1. The SMILES string of the molecule is CCC(=O)c1c(-c2ccc(F)cc2)oc2cc(N(C)S(C)(=O)=O)c([C@@H]3CCCN(C(=O)c4cc5c(F)cccc5n4C)C3)cc12. The number of likely N-dealkylation sites (tertiary alicyclic amines) is 1. The minimum atomic E-state index is -3.70. The fraction of sp³-hybridized carbons (Fsp3) is 0.294. The van der Waals surface area contributed by atoms with Crippen LogP contribution in [0.3, 0.4) is 0 Å². The largest absolute Gasteiger partial charge is 0.455 e. The molecule has 3 heterocycles.